The summed E-state index contributed by atoms with van der Waals surface area (Å²) in [5.41, 5.74) is 1.12. The lowest BCUT2D eigenvalue weighted by Gasteiger charge is -2.29. The average Bonchev–Trinajstić information content (AvgIpc) is 3.03. The van der Waals surface area contributed by atoms with Crippen molar-refractivity contribution < 1.29 is 0 Å². The van der Waals surface area contributed by atoms with E-state index in [9.17, 15) is 0 Å². The molecule has 1 aromatic carbocycles. The molecule has 3 aliphatic rings. The van der Waals surface area contributed by atoms with Gasteiger partial charge in [-0.1, -0.05) is 38.3 Å². The van der Waals surface area contributed by atoms with E-state index in [2.05, 4.69) is 30.3 Å². The van der Waals surface area contributed by atoms with Gasteiger partial charge in [0.15, 0.2) is 0 Å². The highest BCUT2D eigenvalue weighted by molar-refractivity contribution is 7.66. The Labute approximate surface area is 99.2 Å². The van der Waals surface area contributed by atoms with Crippen LogP contribution in [0.3, 0.4) is 0 Å². The maximum absolute atomic E-state index is 2.39. The molecule has 1 heteroatoms. The Morgan fingerprint density at radius 3 is 2.62 bits per heavy atom. The zero-order valence-corrected chi connectivity index (χ0v) is 10.6. The summed E-state index contributed by atoms with van der Waals surface area (Å²) in [6, 6.07) is 11.4. The topological polar surface area (TPSA) is 0 Å². The molecule has 1 heterocycles. The molecule has 84 valence electrons. The third-order valence-corrected chi connectivity index (χ3v) is 8.42. The molecule has 1 aromatic rings. The number of benzene rings is 1. The van der Waals surface area contributed by atoms with Gasteiger partial charge in [-0.05, 0) is 60.6 Å². The van der Waals surface area contributed by atoms with E-state index < -0.39 is 0 Å². The van der Waals surface area contributed by atoms with Gasteiger partial charge in [0.1, 0.15) is 0 Å². The first-order valence-electron chi connectivity index (χ1n) is 6.75. The van der Waals surface area contributed by atoms with E-state index in [0.29, 0.717) is 0 Å². The molecule has 2 saturated carbocycles. The largest absolute Gasteiger partial charge is 0.0716 e. The highest BCUT2D eigenvalue weighted by Gasteiger charge is 2.53. The van der Waals surface area contributed by atoms with Crippen LogP contribution in [0.25, 0.3) is 0 Å². The Morgan fingerprint density at radius 2 is 1.75 bits per heavy atom. The fourth-order valence-electron chi connectivity index (χ4n) is 4.63. The molecule has 0 amide bonds. The summed E-state index contributed by atoms with van der Waals surface area (Å²) in [5.74, 6) is 3.38. The first kappa shape index (κ1) is 9.66. The standard InChI is InChI=1S/C15H19P/c1-2-4-13(5-3-1)16-9-8-14-11-6-7-12(10-11)15(14)16/h1-5,11-12,14-15H,6-10H2/t11-,12+,14+,15-,16?/m1/s1. The molecule has 2 aliphatic carbocycles. The Hall–Kier alpha value is -0.350. The molecule has 3 fully saturated rings. The van der Waals surface area contributed by atoms with Crippen molar-refractivity contribution in [3.8, 4) is 0 Å². The lowest BCUT2D eigenvalue weighted by Crippen LogP contribution is -2.23. The van der Waals surface area contributed by atoms with Crippen LogP contribution in [0.15, 0.2) is 30.3 Å². The summed E-state index contributed by atoms with van der Waals surface area (Å²) < 4.78 is 0. The summed E-state index contributed by atoms with van der Waals surface area (Å²) >= 11 is 0. The van der Waals surface area contributed by atoms with E-state index in [0.717, 1.165) is 23.4 Å². The predicted octanol–water partition coefficient (Wildman–Crippen LogP) is 3.61. The van der Waals surface area contributed by atoms with Gasteiger partial charge in [0.2, 0.25) is 0 Å². The van der Waals surface area contributed by atoms with Gasteiger partial charge in [-0.3, -0.25) is 0 Å². The van der Waals surface area contributed by atoms with Crippen molar-refractivity contribution in [3.63, 3.8) is 0 Å². The van der Waals surface area contributed by atoms with Gasteiger partial charge in [0, 0.05) is 0 Å². The SMILES string of the molecule is c1ccc(P2CC[C@H]3[C@@H]4CC[C@@H](C4)[C@H]32)cc1. The fraction of sp³-hybridized carbons (Fsp3) is 0.600. The maximum atomic E-state index is 2.39. The van der Waals surface area contributed by atoms with Crippen molar-refractivity contribution >= 4 is 13.2 Å². The van der Waals surface area contributed by atoms with E-state index in [1.54, 1.807) is 31.0 Å². The zero-order valence-electron chi connectivity index (χ0n) is 9.68. The minimum atomic E-state index is 0.205. The number of hydrogen-bond acceptors (Lipinski definition) is 0. The van der Waals surface area contributed by atoms with Crippen LogP contribution in [0.2, 0.25) is 0 Å². The molecule has 1 saturated heterocycles. The molecule has 0 spiro atoms. The number of fused-ring (bicyclic) bond motifs is 5. The average molecular weight is 230 g/mol. The van der Waals surface area contributed by atoms with Gasteiger partial charge in [-0.25, -0.2) is 0 Å². The minimum Gasteiger partial charge on any atom is -0.0716 e. The van der Waals surface area contributed by atoms with Crippen LogP contribution in [-0.4, -0.2) is 11.8 Å². The first-order chi connectivity index (χ1) is 7.93. The molecule has 0 nitrogen and oxygen atoms in total. The third-order valence-electron chi connectivity index (χ3n) is 5.19. The van der Waals surface area contributed by atoms with Crippen molar-refractivity contribution in [2.24, 2.45) is 17.8 Å². The van der Waals surface area contributed by atoms with Crippen LogP contribution >= 0.6 is 7.92 Å². The predicted molar refractivity (Wildman–Crippen MR) is 70.6 cm³/mol. The van der Waals surface area contributed by atoms with Gasteiger partial charge >= 0.3 is 0 Å². The monoisotopic (exact) mass is 230 g/mol. The van der Waals surface area contributed by atoms with Crippen molar-refractivity contribution in [1.29, 1.82) is 0 Å². The van der Waals surface area contributed by atoms with Crippen LogP contribution in [0.4, 0.5) is 0 Å². The van der Waals surface area contributed by atoms with Crippen LogP contribution in [0, 0.1) is 17.8 Å². The molecule has 4 rings (SSSR count). The normalized spacial score (nSPS) is 44.9. The van der Waals surface area contributed by atoms with E-state index >= 15 is 0 Å². The van der Waals surface area contributed by atoms with Crippen molar-refractivity contribution in [2.45, 2.75) is 31.3 Å². The second kappa shape index (κ2) is 3.57. The lowest BCUT2D eigenvalue weighted by molar-refractivity contribution is 0.349. The fourth-order valence-corrected chi connectivity index (χ4v) is 8.30. The Bertz CT molecular complexity index is 386. The molecule has 16 heavy (non-hydrogen) atoms. The number of hydrogen-bond donors (Lipinski definition) is 0. The third kappa shape index (κ3) is 1.26. The van der Waals surface area contributed by atoms with Gasteiger partial charge < -0.3 is 0 Å². The molecular formula is C15H19P. The first-order valence-corrected chi connectivity index (χ1v) is 8.35. The molecule has 1 unspecified atom stereocenters. The summed E-state index contributed by atoms with van der Waals surface area (Å²) in [4.78, 5) is 0. The smallest absolute Gasteiger partial charge is 0.0109 e. The lowest BCUT2D eigenvalue weighted by atomic mass is 9.87. The summed E-state index contributed by atoms with van der Waals surface area (Å²) in [6.07, 6.45) is 7.77. The van der Waals surface area contributed by atoms with Gasteiger partial charge in [0.05, 0.1) is 0 Å². The van der Waals surface area contributed by atoms with Gasteiger partial charge in [0.25, 0.3) is 0 Å². The second-order valence-corrected chi connectivity index (χ2v) is 8.30. The summed E-state index contributed by atoms with van der Waals surface area (Å²) in [6.45, 7) is 0. The van der Waals surface area contributed by atoms with Crippen molar-refractivity contribution in [3.05, 3.63) is 30.3 Å². The zero-order chi connectivity index (χ0) is 10.5. The van der Waals surface area contributed by atoms with Gasteiger partial charge in [-0.2, -0.15) is 0 Å². The molecule has 5 atom stereocenters. The molecule has 1 aliphatic heterocycles. The van der Waals surface area contributed by atoms with E-state index in [1.165, 1.54) is 6.16 Å². The number of rotatable bonds is 1. The van der Waals surface area contributed by atoms with Crippen molar-refractivity contribution in [2.75, 3.05) is 6.16 Å². The molecule has 0 aromatic heterocycles. The van der Waals surface area contributed by atoms with Crippen LogP contribution < -0.4 is 5.30 Å². The van der Waals surface area contributed by atoms with Crippen LogP contribution in [0.1, 0.15) is 25.7 Å². The Morgan fingerprint density at radius 1 is 0.938 bits per heavy atom. The van der Waals surface area contributed by atoms with Crippen LogP contribution in [0.5, 0.6) is 0 Å². The van der Waals surface area contributed by atoms with Gasteiger partial charge in [-0.15, -0.1) is 0 Å². The Kier molecular flexibility index (Phi) is 2.15. The van der Waals surface area contributed by atoms with Crippen LogP contribution in [-0.2, 0) is 0 Å². The molecule has 2 bridgehead atoms. The maximum Gasteiger partial charge on any atom is -0.0109 e. The quantitative estimate of drug-likeness (QED) is 0.646. The minimum absolute atomic E-state index is 0.205. The Balaban J connectivity index is 1.67. The second-order valence-electron chi connectivity index (χ2n) is 5.81. The van der Waals surface area contributed by atoms with E-state index in [4.69, 9.17) is 0 Å². The summed E-state index contributed by atoms with van der Waals surface area (Å²) in [5, 5.41) is 1.69. The molecular weight excluding hydrogens is 211 g/mol. The molecule has 0 N–H and O–H groups in total. The van der Waals surface area contributed by atoms with E-state index in [-0.39, 0.29) is 7.92 Å². The molecule has 0 radical (unpaired) electrons. The highest BCUT2D eigenvalue weighted by Crippen LogP contribution is 2.66. The van der Waals surface area contributed by atoms with Crippen molar-refractivity contribution in [1.82, 2.24) is 0 Å². The summed E-state index contributed by atoms with van der Waals surface area (Å²) in [7, 11) is 0.205. The highest BCUT2D eigenvalue weighted by atomic mass is 31.1. The van der Waals surface area contributed by atoms with E-state index in [1.807, 2.05) is 0 Å².